The van der Waals surface area contributed by atoms with Crippen molar-refractivity contribution in [2.45, 2.75) is 70.6 Å². The summed E-state index contributed by atoms with van der Waals surface area (Å²) in [7, 11) is 0. The number of hydrogen-bond acceptors (Lipinski definition) is 7. The first kappa shape index (κ1) is 33.7. The van der Waals surface area contributed by atoms with Crippen LogP contribution in [0.15, 0.2) is 38.0 Å². The molecule has 2 unspecified atom stereocenters. The molecule has 2 atom stereocenters. The summed E-state index contributed by atoms with van der Waals surface area (Å²) in [6.45, 7) is 17.3. The average molecular weight is 525 g/mol. The minimum absolute atomic E-state index is 0.00384. The Morgan fingerprint density at radius 1 is 0.838 bits per heavy atom. The van der Waals surface area contributed by atoms with Gasteiger partial charge in [-0.2, -0.15) is 0 Å². The van der Waals surface area contributed by atoms with Crippen LogP contribution in [0.1, 0.15) is 52.9 Å². The number of ether oxygens (including phenoxy) is 3. The Morgan fingerprint density at radius 2 is 1.49 bits per heavy atom. The smallest absolute Gasteiger partial charge is 0.407 e. The van der Waals surface area contributed by atoms with Gasteiger partial charge in [0.2, 0.25) is 5.91 Å². The molecule has 210 valence electrons. The topological polar surface area (TPSA) is 144 Å². The Hall–Kier alpha value is -3.34. The fourth-order valence-corrected chi connectivity index (χ4v) is 2.95. The summed E-state index contributed by atoms with van der Waals surface area (Å²) >= 11 is 0. The van der Waals surface area contributed by atoms with Crippen molar-refractivity contribution in [3.05, 3.63) is 38.0 Å². The van der Waals surface area contributed by atoms with E-state index < -0.39 is 35.8 Å². The summed E-state index contributed by atoms with van der Waals surface area (Å²) in [6, 6.07) is -2.47. The fourth-order valence-electron chi connectivity index (χ4n) is 2.95. The van der Waals surface area contributed by atoms with Crippen LogP contribution in [0.5, 0.6) is 0 Å². The van der Waals surface area contributed by atoms with E-state index in [9.17, 15) is 19.2 Å². The van der Waals surface area contributed by atoms with Gasteiger partial charge in [-0.25, -0.2) is 14.4 Å². The van der Waals surface area contributed by atoms with Gasteiger partial charge >= 0.3 is 18.1 Å². The molecule has 0 aliphatic heterocycles. The van der Waals surface area contributed by atoms with Crippen molar-refractivity contribution >= 4 is 24.0 Å². The van der Waals surface area contributed by atoms with Crippen LogP contribution < -0.4 is 21.3 Å². The first-order valence-electron chi connectivity index (χ1n) is 12.4. The highest BCUT2D eigenvalue weighted by Crippen LogP contribution is 2.07. The number of esters is 1. The molecule has 4 N–H and O–H groups in total. The third-order valence-electron chi connectivity index (χ3n) is 4.58. The maximum absolute atomic E-state index is 12.7. The van der Waals surface area contributed by atoms with E-state index >= 15 is 0 Å². The summed E-state index contributed by atoms with van der Waals surface area (Å²) in [4.78, 5) is 49.4. The molecule has 0 rings (SSSR count). The van der Waals surface area contributed by atoms with Crippen molar-refractivity contribution in [2.24, 2.45) is 0 Å². The molecule has 0 spiro atoms. The van der Waals surface area contributed by atoms with Gasteiger partial charge in [0, 0.05) is 19.7 Å². The summed E-state index contributed by atoms with van der Waals surface area (Å²) in [5, 5.41) is 10.5. The van der Waals surface area contributed by atoms with Crippen LogP contribution >= 0.6 is 0 Å². The number of alkyl carbamates (subject to hydrolysis) is 1. The second-order valence-electron chi connectivity index (χ2n) is 9.11. The zero-order valence-electron chi connectivity index (χ0n) is 22.4. The number of amides is 4. The van der Waals surface area contributed by atoms with Crippen LogP contribution in [0.2, 0.25) is 0 Å². The molecule has 0 saturated carbocycles. The molecular weight excluding hydrogens is 480 g/mol. The van der Waals surface area contributed by atoms with E-state index in [1.807, 2.05) is 0 Å². The zero-order valence-corrected chi connectivity index (χ0v) is 22.4. The molecule has 11 heteroatoms. The van der Waals surface area contributed by atoms with E-state index in [1.165, 1.54) is 12.2 Å². The fraction of sp³-hybridized carbons (Fsp3) is 0.615. The monoisotopic (exact) mass is 524 g/mol. The number of carbonyl (C=O) groups excluding carboxylic acids is 4. The first-order chi connectivity index (χ1) is 17.5. The van der Waals surface area contributed by atoms with Crippen molar-refractivity contribution < 1.29 is 33.4 Å². The quantitative estimate of drug-likeness (QED) is 0.116. The number of rotatable bonds is 19. The molecular formula is C26H44N4O7. The minimum atomic E-state index is -0.950. The maximum Gasteiger partial charge on any atom is 0.407 e. The summed E-state index contributed by atoms with van der Waals surface area (Å²) in [5.41, 5.74) is -0.597. The highest BCUT2D eigenvalue weighted by Gasteiger charge is 2.25. The zero-order chi connectivity index (χ0) is 28.1. The molecule has 0 heterocycles. The Balaban J connectivity index is 4.94. The Kier molecular flexibility index (Phi) is 18.0. The predicted molar refractivity (Wildman–Crippen MR) is 142 cm³/mol. The van der Waals surface area contributed by atoms with E-state index in [0.29, 0.717) is 45.4 Å². The lowest BCUT2D eigenvalue weighted by atomic mass is 10.1. The molecule has 0 saturated heterocycles. The SMILES string of the molecule is C=CCNC(=O)C(CCCOCC=C)NC(=O)NC(CCCCNC(=O)OC(C)(C)C)C(=O)OCC=C. The summed E-state index contributed by atoms with van der Waals surface area (Å²) < 4.78 is 15.6. The van der Waals surface area contributed by atoms with Gasteiger partial charge in [-0.15, -0.1) is 13.2 Å². The van der Waals surface area contributed by atoms with Crippen LogP contribution in [-0.4, -0.2) is 74.6 Å². The van der Waals surface area contributed by atoms with Crippen molar-refractivity contribution in [1.82, 2.24) is 21.3 Å². The minimum Gasteiger partial charge on any atom is -0.460 e. The van der Waals surface area contributed by atoms with Gasteiger partial charge in [-0.3, -0.25) is 4.79 Å². The highest BCUT2D eigenvalue weighted by atomic mass is 16.6. The van der Waals surface area contributed by atoms with E-state index in [0.717, 1.165) is 0 Å². The van der Waals surface area contributed by atoms with Crippen LogP contribution in [0.25, 0.3) is 0 Å². The first-order valence-corrected chi connectivity index (χ1v) is 12.4. The van der Waals surface area contributed by atoms with E-state index in [2.05, 4.69) is 41.0 Å². The van der Waals surface area contributed by atoms with E-state index in [4.69, 9.17) is 14.2 Å². The summed E-state index contributed by atoms with van der Waals surface area (Å²) in [5.74, 6) is -1.00. The van der Waals surface area contributed by atoms with Gasteiger partial charge in [0.1, 0.15) is 24.3 Å². The molecule has 0 aliphatic rings. The normalized spacial score (nSPS) is 12.3. The number of urea groups is 1. The lowest BCUT2D eigenvalue weighted by Crippen LogP contribution is -2.53. The number of carbonyl (C=O) groups is 4. The van der Waals surface area contributed by atoms with E-state index in [1.54, 1.807) is 26.8 Å². The van der Waals surface area contributed by atoms with Gasteiger partial charge in [0.25, 0.3) is 0 Å². The van der Waals surface area contributed by atoms with Crippen LogP contribution in [0.3, 0.4) is 0 Å². The maximum atomic E-state index is 12.7. The molecule has 37 heavy (non-hydrogen) atoms. The molecule has 0 bridgehead atoms. The van der Waals surface area contributed by atoms with Crippen molar-refractivity contribution in [1.29, 1.82) is 0 Å². The largest absolute Gasteiger partial charge is 0.460 e. The molecule has 0 radical (unpaired) electrons. The Morgan fingerprint density at radius 3 is 2.11 bits per heavy atom. The molecule has 0 aromatic heterocycles. The Bertz CT molecular complexity index is 750. The van der Waals surface area contributed by atoms with Gasteiger partial charge in [-0.05, 0) is 52.9 Å². The lowest BCUT2D eigenvalue weighted by molar-refractivity contribution is -0.144. The lowest BCUT2D eigenvalue weighted by Gasteiger charge is -2.22. The number of hydrogen-bond donors (Lipinski definition) is 4. The standard InChI is InChI=1S/C26H44N4O7/c1-7-15-27-22(31)20(14-12-19-35-17-8-2)29-24(33)30-21(23(32)36-18-9-3)13-10-11-16-28-25(34)37-26(4,5)6/h7-9,20-21H,1-3,10-19H2,4-6H3,(H,27,31)(H,28,34)(H2,29,30,33). The van der Waals surface area contributed by atoms with Gasteiger partial charge in [-0.1, -0.05) is 24.8 Å². The highest BCUT2D eigenvalue weighted by molar-refractivity contribution is 5.89. The second-order valence-corrected chi connectivity index (χ2v) is 9.11. The molecule has 4 amide bonds. The molecule has 0 aromatic carbocycles. The average Bonchev–Trinajstić information content (AvgIpc) is 2.82. The van der Waals surface area contributed by atoms with Crippen LogP contribution in [-0.2, 0) is 23.8 Å². The van der Waals surface area contributed by atoms with Crippen molar-refractivity contribution in [2.75, 3.05) is 32.9 Å². The summed E-state index contributed by atoms with van der Waals surface area (Å²) in [6.07, 6.45) is 6.23. The van der Waals surface area contributed by atoms with Crippen molar-refractivity contribution in [3.63, 3.8) is 0 Å². The number of unbranched alkanes of at least 4 members (excludes halogenated alkanes) is 1. The van der Waals surface area contributed by atoms with Crippen LogP contribution in [0, 0.1) is 0 Å². The molecule has 0 aliphatic carbocycles. The molecule has 0 fully saturated rings. The second kappa shape index (κ2) is 19.8. The molecule has 0 aromatic rings. The number of nitrogens with one attached hydrogen (secondary N) is 4. The van der Waals surface area contributed by atoms with Crippen molar-refractivity contribution in [3.8, 4) is 0 Å². The van der Waals surface area contributed by atoms with Gasteiger partial charge in [0.05, 0.1) is 6.61 Å². The predicted octanol–water partition coefficient (Wildman–Crippen LogP) is 2.73. The molecule has 11 nitrogen and oxygen atoms in total. The third kappa shape index (κ3) is 18.6. The third-order valence-corrected chi connectivity index (χ3v) is 4.58. The van der Waals surface area contributed by atoms with E-state index in [-0.39, 0.29) is 25.5 Å². The van der Waals surface area contributed by atoms with Crippen LogP contribution in [0.4, 0.5) is 9.59 Å². The van der Waals surface area contributed by atoms with Gasteiger partial charge in [0.15, 0.2) is 0 Å². The van der Waals surface area contributed by atoms with Gasteiger partial charge < -0.3 is 35.5 Å². The Labute approximate surface area is 220 Å².